The van der Waals surface area contributed by atoms with Crippen molar-refractivity contribution in [2.75, 3.05) is 37.0 Å². The van der Waals surface area contributed by atoms with Crippen LogP contribution in [0.15, 0.2) is 36.4 Å². The zero-order chi connectivity index (χ0) is 18.9. The van der Waals surface area contributed by atoms with Gasteiger partial charge < -0.3 is 20.1 Å². The highest BCUT2D eigenvalue weighted by Gasteiger charge is 2.09. The summed E-state index contributed by atoms with van der Waals surface area (Å²) >= 11 is 17.9. The molecule has 0 saturated heterocycles. The van der Waals surface area contributed by atoms with Gasteiger partial charge in [0, 0.05) is 18.4 Å². The fourth-order valence-electron chi connectivity index (χ4n) is 2.05. The maximum Gasteiger partial charge on any atom is 0.243 e. The summed E-state index contributed by atoms with van der Waals surface area (Å²) in [6, 6.07) is 10.3. The number of ether oxygens (including phenoxy) is 2. The van der Waals surface area contributed by atoms with Gasteiger partial charge in [-0.1, -0.05) is 40.9 Å². The molecule has 2 N–H and O–H groups in total. The van der Waals surface area contributed by atoms with E-state index in [0.717, 1.165) is 5.69 Å². The lowest BCUT2D eigenvalue weighted by molar-refractivity contribution is -0.114. The molecule has 0 aliphatic heterocycles. The Morgan fingerprint density at radius 2 is 1.81 bits per heavy atom. The number of hydrogen-bond acceptors (Lipinski definition) is 4. The van der Waals surface area contributed by atoms with Crippen LogP contribution in [0.3, 0.4) is 0 Å². The van der Waals surface area contributed by atoms with Crippen LogP contribution in [0, 0.1) is 0 Å². The normalized spacial score (nSPS) is 10.5. The fourth-order valence-corrected chi connectivity index (χ4v) is 2.65. The molecule has 0 atom stereocenters. The second-order valence-electron chi connectivity index (χ2n) is 5.22. The van der Waals surface area contributed by atoms with Crippen molar-refractivity contribution in [2.24, 2.45) is 0 Å². The van der Waals surface area contributed by atoms with E-state index in [0.29, 0.717) is 46.3 Å². The molecule has 0 saturated carbocycles. The summed E-state index contributed by atoms with van der Waals surface area (Å²) in [4.78, 5) is 12.1. The third-order valence-corrected chi connectivity index (χ3v) is 4.31. The van der Waals surface area contributed by atoms with Gasteiger partial charge in [0.2, 0.25) is 5.91 Å². The molecule has 140 valence electrons. The number of amides is 1. The number of halogens is 3. The first-order chi connectivity index (χ1) is 12.5. The van der Waals surface area contributed by atoms with Crippen LogP contribution < -0.4 is 15.4 Å². The van der Waals surface area contributed by atoms with Crippen LogP contribution in [-0.4, -0.2) is 32.3 Å². The Morgan fingerprint density at radius 3 is 2.58 bits per heavy atom. The number of nitrogens with one attached hydrogen (secondary N) is 2. The Bertz CT molecular complexity index is 756. The average molecular weight is 418 g/mol. The van der Waals surface area contributed by atoms with E-state index in [1.807, 2.05) is 31.2 Å². The molecule has 2 rings (SSSR count). The first kappa shape index (κ1) is 20.6. The lowest BCUT2D eigenvalue weighted by atomic mass is 10.3. The Hall–Kier alpha value is -1.66. The number of benzene rings is 2. The van der Waals surface area contributed by atoms with Crippen molar-refractivity contribution in [3.63, 3.8) is 0 Å². The molecule has 1 amide bonds. The number of rotatable bonds is 9. The molecule has 0 heterocycles. The van der Waals surface area contributed by atoms with E-state index in [9.17, 15) is 4.79 Å². The van der Waals surface area contributed by atoms with E-state index in [1.165, 1.54) is 12.1 Å². The van der Waals surface area contributed by atoms with E-state index in [-0.39, 0.29) is 12.5 Å². The van der Waals surface area contributed by atoms with E-state index in [1.54, 1.807) is 0 Å². The van der Waals surface area contributed by atoms with Gasteiger partial charge in [-0.2, -0.15) is 0 Å². The van der Waals surface area contributed by atoms with Gasteiger partial charge >= 0.3 is 0 Å². The third kappa shape index (κ3) is 6.57. The lowest BCUT2D eigenvalue weighted by Gasteiger charge is -2.11. The van der Waals surface area contributed by atoms with E-state index in [2.05, 4.69) is 10.6 Å². The van der Waals surface area contributed by atoms with Crippen LogP contribution in [0.4, 0.5) is 11.4 Å². The molecule has 26 heavy (non-hydrogen) atoms. The fraction of sp³-hybridized carbons (Fsp3) is 0.278. The Balaban J connectivity index is 1.86. The van der Waals surface area contributed by atoms with Gasteiger partial charge in [0.1, 0.15) is 12.4 Å². The largest absolute Gasteiger partial charge is 0.491 e. The first-order valence-electron chi connectivity index (χ1n) is 7.98. The molecule has 0 aliphatic rings. The van der Waals surface area contributed by atoms with Gasteiger partial charge in [0.05, 0.1) is 33.9 Å². The van der Waals surface area contributed by atoms with Gasteiger partial charge in [-0.3, -0.25) is 4.79 Å². The maximum atomic E-state index is 12.1. The van der Waals surface area contributed by atoms with Crippen LogP contribution in [-0.2, 0) is 9.53 Å². The van der Waals surface area contributed by atoms with Crippen molar-refractivity contribution in [2.45, 2.75) is 6.92 Å². The number of anilines is 2. The highest BCUT2D eigenvalue weighted by molar-refractivity contribution is 6.44. The highest BCUT2D eigenvalue weighted by atomic mass is 35.5. The van der Waals surface area contributed by atoms with Crippen LogP contribution >= 0.6 is 34.8 Å². The molecule has 0 fully saturated rings. The first-order valence-corrected chi connectivity index (χ1v) is 9.12. The van der Waals surface area contributed by atoms with Gasteiger partial charge in [-0.05, 0) is 31.2 Å². The summed E-state index contributed by atoms with van der Waals surface area (Å²) in [6.07, 6.45) is 0. The minimum absolute atomic E-state index is 0.0545. The SMILES string of the molecule is CCOCCOc1cccc(NCC(=O)Nc2cc(Cl)c(Cl)cc2Cl)c1. The number of carbonyl (C=O) groups excluding carboxylic acids is 1. The van der Waals surface area contributed by atoms with E-state index in [4.69, 9.17) is 44.3 Å². The zero-order valence-corrected chi connectivity index (χ0v) is 16.4. The molecule has 2 aromatic rings. The summed E-state index contributed by atoms with van der Waals surface area (Å²) in [5.41, 5.74) is 1.16. The van der Waals surface area contributed by atoms with Crippen LogP contribution in [0.25, 0.3) is 0 Å². The van der Waals surface area contributed by atoms with Crippen LogP contribution in [0.1, 0.15) is 6.92 Å². The Kier molecular flexibility index (Phi) is 8.32. The molecular weight excluding hydrogens is 399 g/mol. The summed E-state index contributed by atoms with van der Waals surface area (Å²) < 4.78 is 10.8. The molecule has 5 nitrogen and oxygen atoms in total. The summed E-state index contributed by atoms with van der Waals surface area (Å²) in [5, 5.41) is 6.67. The van der Waals surface area contributed by atoms with E-state index >= 15 is 0 Å². The predicted molar refractivity (Wildman–Crippen MR) is 107 cm³/mol. The number of carbonyl (C=O) groups is 1. The Morgan fingerprint density at radius 1 is 1.04 bits per heavy atom. The second-order valence-corrected chi connectivity index (χ2v) is 6.44. The molecular formula is C18H19Cl3N2O3. The molecule has 0 spiro atoms. The second kappa shape index (κ2) is 10.5. The minimum Gasteiger partial charge on any atom is -0.491 e. The molecule has 0 unspecified atom stereocenters. The average Bonchev–Trinajstić information content (AvgIpc) is 2.62. The molecule has 0 aromatic heterocycles. The summed E-state index contributed by atoms with van der Waals surface area (Å²) in [5.74, 6) is 0.426. The molecule has 2 aromatic carbocycles. The molecule has 8 heteroatoms. The monoisotopic (exact) mass is 416 g/mol. The van der Waals surface area contributed by atoms with Crippen molar-refractivity contribution in [3.05, 3.63) is 51.5 Å². The Labute approximate surface area is 167 Å². The quantitative estimate of drug-likeness (QED) is 0.439. The standard InChI is InChI=1S/C18H19Cl3N2O3/c1-2-25-6-7-26-13-5-3-4-12(8-13)22-11-18(24)23-17-10-15(20)14(19)9-16(17)21/h3-5,8-10,22H,2,6-7,11H2,1H3,(H,23,24). The predicted octanol–water partition coefficient (Wildman–Crippen LogP) is 5.11. The molecule has 0 aliphatic carbocycles. The van der Waals surface area contributed by atoms with E-state index < -0.39 is 0 Å². The minimum atomic E-state index is -0.270. The van der Waals surface area contributed by atoms with Crippen molar-refractivity contribution in [1.82, 2.24) is 0 Å². The van der Waals surface area contributed by atoms with Gasteiger partial charge in [0.15, 0.2) is 0 Å². The van der Waals surface area contributed by atoms with Crippen molar-refractivity contribution < 1.29 is 14.3 Å². The number of hydrogen-bond donors (Lipinski definition) is 2. The van der Waals surface area contributed by atoms with Gasteiger partial charge in [0.25, 0.3) is 0 Å². The van der Waals surface area contributed by atoms with Crippen molar-refractivity contribution in [1.29, 1.82) is 0 Å². The van der Waals surface area contributed by atoms with Crippen LogP contribution in [0.5, 0.6) is 5.75 Å². The molecule has 0 radical (unpaired) electrons. The zero-order valence-electron chi connectivity index (χ0n) is 14.2. The lowest BCUT2D eigenvalue weighted by Crippen LogP contribution is -2.22. The van der Waals surface area contributed by atoms with Gasteiger partial charge in [-0.15, -0.1) is 0 Å². The van der Waals surface area contributed by atoms with Crippen molar-refractivity contribution in [3.8, 4) is 5.75 Å². The summed E-state index contributed by atoms with van der Waals surface area (Å²) in [7, 11) is 0. The van der Waals surface area contributed by atoms with Crippen molar-refractivity contribution >= 4 is 52.1 Å². The maximum absolute atomic E-state index is 12.1. The third-order valence-electron chi connectivity index (χ3n) is 3.27. The van der Waals surface area contributed by atoms with Crippen LogP contribution in [0.2, 0.25) is 15.1 Å². The topological polar surface area (TPSA) is 59.6 Å². The molecule has 0 bridgehead atoms. The highest BCUT2D eigenvalue weighted by Crippen LogP contribution is 2.32. The smallest absolute Gasteiger partial charge is 0.243 e. The summed E-state index contributed by atoms with van der Waals surface area (Å²) in [6.45, 7) is 3.64. The van der Waals surface area contributed by atoms with Gasteiger partial charge in [-0.25, -0.2) is 0 Å².